The number of pyridine rings is 1. The van der Waals surface area contributed by atoms with E-state index in [1.54, 1.807) is 0 Å². The Morgan fingerprint density at radius 2 is 1.94 bits per heavy atom. The van der Waals surface area contributed by atoms with Crippen molar-refractivity contribution in [1.82, 2.24) is 19.9 Å². The Balaban J connectivity index is 2.01. The number of aryl methyl sites for hydroxylation is 2. The van der Waals surface area contributed by atoms with Gasteiger partial charge in [0.2, 0.25) is 0 Å². The highest BCUT2D eigenvalue weighted by molar-refractivity contribution is 6.10. The third-order valence-electron chi connectivity index (χ3n) is 5.69. The molecule has 0 fully saturated rings. The molecule has 0 radical (unpaired) electrons. The fraction of sp³-hybridized carbons (Fsp3) is 0.348. The number of alkyl halides is 2. The number of fused-ring (bicyclic) bond motifs is 1. The molecule has 2 N–H and O–H groups in total. The van der Waals surface area contributed by atoms with Crippen LogP contribution in [0.1, 0.15) is 32.2 Å². The zero-order valence-electron chi connectivity index (χ0n) is 18.2. The van der Waals surface area contributed by atoms with E-state index in [9.17, 15) is 13.2 Å². The Morgan fingerprint density at radius 1 is 1.23 bits per heavy atom. The quantitative estimate of drug-likeness (QED) is 0.498. The van der Waals surface area contributed by atoms with Gasteiger partial charge in [0.1, 0.15) is 11.6 Å². The lowest BCUT2D eigenvalue weighted by atomic mass is 9.86. The summed E-state index contributed by atoms with van der Waals surface area (Å²) in [5.41, 5.74) is 2.33. The Bertz CT molecular complexity index is 1160. The van der Waals surface area contributed by atoms with Crippen molar-refractivity contribution in [1.29, 1.82) is 5.41 Å². The SMILES string of the molecule is Cc1nc2cc(-c3ncc(F)cc3/C(C=N)=C/NCC(C)(C)C(C)(F)F)ccc2n1C. The van der Waals surface area contributed by atoms with Crippen LogP contribution in [-0.4, -0.2) is 33.2 Å². The first-order valence-corrected chi connectivity index (χ1v) is 9.86. The summed E-state index contributed by atoms with van der Waals surface area (Å²) >= 11 is 0. The lowest BCUT2D eigenvalue weighted by molar-refractivity contribution is -0.0856. The van der Waals surface area contributed by atoms with Crippen LogP contribution in [0.15, 0.2) is 36.7 Å². The molecule has 3 aromatic rings. The van der Waals surface area contributed by atoms with Gasteiger partial charge in [-0.25, -0.2) is 18.2 Å². The van der Waals surface area contributed by atoms with Crippen LogP contribution in [0.3, 0.4) is 0 Å². The Kier molecular flexibility index (Phi) is 5.93. The van der Waals surface area contributed by atoms with Gasteiger partial charge in [0.05, 0.1) is 22.9 Å². The van der Waals surface area contributed by atoms with Gasteiger partial charge in [-0.3, -0.25) is 4.98 Å². The van der Waals surface area contributed by atoms with Crippen molar-refractivity contribution in [2.75, 3.05) is 6.54 Å². The molecule has 5 nitrogen and oxygen atoms in total. The maximum atomic E-state index is 14.0. The summed E-state index contributed by atoms with van der Waals surface area (Å²) < 4.78 is 43.5. The second kappa shape index (κ2) is 8.17. The summed E-state index contributed by atoms with van der Waals surface area (Å²) in [5.74, 6) is -2.58. The van der Waals surface area contributed by atoms with Crippen molar-refractivity contribution < 1.29 is 13.2 Å². The smallest absolute Gasteiger partial charge is 0.252 e. The lowest BCUT2D eigenvalue weighted by Crippen LogP contribution is -2.40. The molecule has 0 unspecified atom stereocenters. The van der Waals surface area contributed by atoms with Crippen LogP contribution >= 0.6 is 0 Å². The van der Waals surface area contributed by atoms with E-state index in [1.165, 1.54) is 26.1 Å². The van der Waals surface area contributed by atoms with E-state index in [-0.39, 0.29) is 6.54 Å². The van der Waals surface area contributed by atoms with Crippen LogP contribution in [0.5, 0.6) is 0 Å². The molecule has 0 atom stereocenters. The van der Waals surface area contributed by atoms with Gasteiger partial charge < -0.3 is 15.3 Å². The molecule has 0 saturated carbocycles. The number of aromatic nitrogens is 3. The summed E-state index contributed by atoms with van der Waals surface area (Å²) in [6, 6.07) is 6.93. The fourth-order valence-corrected chi connectivity index (χ4v) is 3.13. The highest BCUT2D eigenvalue weighted by Crippen LogP contribution is 2.35. The molecule has 0 saturated heterocycles. The standard InChI is InChI=1S/C23H26F3N5/c1-14-30-19-8-15(6-7-20(19)31(14)5)21-18(9-17(24)12-29-21)16(10-27)11-28-13-22(2,3)23(4,25)26/h6-12,27-28H,13H2,1-5H3/b16-11+,27-10?. The molecule has 0 aliphatic carbocycles. The van der Waals surface area contributed by atoms with Gasteiger partial charge in [-0.15, -0.1) is 0 Å². The molecule has 0 aliphatic heterocycles. The fourth-order valence-electron chi connectivity index (χ4n) is 3.13. The van der Waals surface area contributed by atoms with Crippen LogP contribution in [0.2, 0.25) is 0 Å². The number of benzene rings is 1. The molecule has 8 heteroatoms. The second-order valence-electron chi connectivity index (χ2n) is 8.37. The van der Waals surface area contributed by atoms with Crippen LogP contribution < -0.4 is 5.32 Å². The third-order valence-corrected chi connectivity index (χ3v) is 5.69. The van der Waals surface area contributed by atoms with E-state index < -0.39 is 17.2 Å². The first kappa shape index (κ1) is 22.5. The average molecular weight is 429 g/mol. The predicted octanol–water partition coefficient (Wildman–Crippen LogP) is 5.34. The molecule has 1 aromatic carbocycles. The minimum atomic E-state index is -2.89. The maximum absolute atomic E-state index is 14.0. The number of rotatable bonds is 7. The van der Waals surface area contributed by atoms with Crippen molar-refractivity contribution in [2.45, 2.75) is 33.6 Å². The van der Waals surface area contributed by atoms with E-state index in [0.29, 0.717) is 22.4 Å². The normalized spacial score (nSPS) is 13.0. The molecular weight excluding hydrogens is 403 g/mol. The molecule has 3 rings (SSSR count). The van der Waals surface area contributed by atoms with Gasteiger partial charge >= 0.3 is 0 Å². The number of nitrogens with zero attached hydrogens (tertiary/aromatic N) is 3. The topological polar surface area (TPSA) is 66.6 Å². The van der Waals surface area contributed by atoms with E-state index in [0.717, 1.165) is 36.2 Å². The minimum absolute atomic E-state index is 0.0227. The predicted molar refractivity (Wildman–Crippen MR) is 118 cm³/mol. The monoisotopic (exact) mass is 429 g/mol. The Hall–Kier alpha value is -3.16. The van der Waals surface area contributed by atoms with Crippen LogP contribution in [0.25, 0.3) is 27.9 Å². The number of nitrogens with one attached hydrogen (secondary N) is 2. The number of allylic oxidation sites excluding steroid dienone is 1. The van der Waals surface area contributed by atoms with Crippen LogP contribution in [0, 0.1) is 23.6 Å². The van der Waals surface area contributed by atoms with E-state index in [2.05, 4.69) is 15.3 Å². The molecule has 164 valence electrons. The van der Waals surface area contributed by atoms with E-state index in [1.807, 2.05) is 36.7 Å². The largest absolute Gasteiger partial charge is 0.390 e. The molecule has 0 amide bonds. The van der Waals surface area contributed by atoms with Crippen molar-refractivity contribution in [3.63, 3.8) is 0 Å². The maximum Gasteiger partial charge on any atom is 0.252 e. The van der Waals surface area contributed by atoms with Crippen molar-refractivity contribution in [3.05, 3.63) is 53.9 Å². The average Bonchev–Trinajstić information content (AvgIpc) is 2.97. The van der Waals surface area contributed by atoms with Gasteiger partial charge in [-0.05, 0) is 32.0 Å². The zero-order chi connectivity index (χ0) is 23.0. The number of imidazole rings is 1. The third kappa shape index (κ3) is 4.47. The minimum Gasteiger partial charge on any atom is -0.390 e. The molecule has 0 aliphatic rings. The van der Waals surface area contributed by atoms with Gasteiger partial charge in [-0.1, -0.05) is 19.9 Å². The van der Waals surface area contributed by atoms with Crippen molar-refractivity contribution in [2.24, 2.45) is 12.5 Å². The summed E-state index contributed by atoms with van der Waals surface area (Å²) in [5, 5.41) is 10.7. The summed E-state index contributed by atoms with van der Waals surface area (Å²) in [4.78, 5) is 8.78. The molecule has 2 aromatic heterocycles. The summed E-state index contributed by atoms with van der Waals surface area (Å²) in [6.07, 6.45) is 3.61. The first-order chi connectivity index (χ1) is 14.4. The van der Waals surface area contributed by atoms with Crippen molar-refractivity contribution >= 4 is 22.8 Å². The molecule has 0 spiro atoms. The van der Waals surface area contributed by atoms with Gasteiger partial charge in [0.15, 0.2) is 0 Å². The highest BCUT2D eigenvalue weighted by atomic mass is 19.3. The number of halogens is 3. The highest BCUT2D eigenvalue weighted by Gasteiger charge is 2.41. The Labute approximate surface area is 179 Å². The lowest BCUT2D eigenvalue weighted by Gasteiger charge is -2.31. The molecule has 0 bridgehead atoms. The first-order valence-electron chi connectivity index (χ1n) is 9.86. The zero-order valence-corrected chi connectivity index (χ0v) is 18.2. The molecular formula is C23H26F3N5. The van der Waals surface area contributed by atoms with Gasteiger partial charge in [0.25, 0.3) is 5.92 Å². The van der Waals surface area contributed by atoms with Crippen LogP contribution in [0.4, 0.5) is 13.2 Å². The van der Waals surface area contributed by atoms with Crippen LogP contribution in [-0.2, 0) is 7.05 Å². The van der Waals surface area contributed by atoms with Gasteiger partial charge in [-0.2, -0.15) is 0 Å². The van der Waals surface area contributed by atoms with E-state index >= 15 is 0 Å². The number of hydrogen-bond donors (Lipinski definition) is 2. The Morgan fingerprint density at radius 3 is 2.58 bits per heavy atom. The molecule has 31 heavy (non-hydrogen) atoms. The summed E-state index contributed by atoms with van der Waals surface area (Å²) in [6.45, 7) is 5.67. The van der Waals surface area contributed by atoms with E-state index in [4.69, 9.17) is 5.41 Å². The van der Waals surface area contributed by atoms with Crippen molar-refractivity contribution in [3.8, 4) is 11.3 Å². The van der Waals surface area contributed by atoms with Gasteiger partial charge in [0, 0.05) is 48.1 Å². The second-order valence-corrected chi connectivity index (χ2v) is 8.37. The number of hydrogen-bond acceptors (Lipinski definition) is 4. The summed E-state index contributed by atoms with van der Waals surface area (Å²) in [7, 11) is 1.93. The molecule has 2 heterocycles.